The molecule has 0 aliphatic heterocycles. The standard InChI is InChI=1S/C17H26FN/c1-12-10-15(18)11-13(2)16(12)17(19-3)14-8-6-4-5-7-9-14/h10-11,14,17,19H,4-9H2,1-3H3. The molecular formula is C17H26FN. The summed E-state index contributed by atoms with van der Waals surface area (Å²) in [5, 5.41) is 3.49. The third-order valence-electron chi connectivity index (χ3n) is 4.55. The van der Waals surface area contributed by atoms with E-state index in [-0.39, 0.29) is 5.82 Å². The van der Waals surface area contributed by atoms with Crippen LogP contribution in [0.1, 0.15) is 61.3 Å². The van der Waals surface area contributed by atoms with Gasteiger partial charge in [-0.1, -0.05) is 25.7 Å². The van der Waals surface area contributed by atoms with E-state index in [0.29, 0.717) is 12.0 Å². The molecule has 2 heteroatoms. The molecular weight excluding hydrogens is 237 g/mol. The van der Waals surface area contributed by atoms with Gasteiger partial charge in [-0.05, 0) is 68.5 Å². The Kier molecular flexibility index (Phi) is 4.98. The Morgan fingerprint density at radius 3 is 2.05 bits per heavy atom. The average Bonchev–Trinajstić information content (AvgIpc) is 2.62. The number of benzene rings is 1. The first-order valence-electron chi connectivity index (χ1n) is 7.57. The van der Waals surface area contributed by atoms with Gasteiger partial charge in [0, 0.05) is 6.04 Å². The molecule has 1 fully saturated rings. The van der Waals surface area contributed by atoms with Gasteiger partial charge in [-0.3, -0.25) is 0 Å². The average molecular weight is 263 g/mol. The normalized spacial score (nSPS) is 19.2. The molecule has 19 heavy (non-hydrogen) atoms. The summed E-state index contributed by atoms with van der Waals surface area (Å²) >= 11 is 0. The van der Waals surface area contributed by atoms with Crippen LogP contribution in [0.4, 0.5) is 4.39 Å². The Bertz CT molecular complexity index is 396. The van der Waals surface area contributed by atoms with E-state index >= 15 is 0 Å². The summed E-state index contributed by atoms with van der Waals surface area (Å²) < 4.78 is 13.5. The van der Waals surface area contributed by atoms with Gasteiger partial charge in [0.15, 0.2) is 0 Å². The molecule has 1 atom stereocenters. The highest BCUT2D eigenvalue weighted by Crippen LogP contribution is 2.36. The molecule has 1 aromatic rings. The fourth-order valence-corrected chi connectivity index (χ4v) is 3.67. The topological polar surface area (TPSA) is 12.0 Å². The monoisotopic (exact) mass is 263 g/mol. The van der Waals surface area contributed by atoms with Crippen molar-refractivity contribution < 1.29 is 4.39 Å². The lowest BCUT2D eigenvalue weighted by atomic mass is 9.83. The smallest absolute Gasteiger partial charge is 0.123 e. The van der Waals surface area contributed by atoms with Crippen LogP contribution >= 0.6 is 0 Å². The van der Waals surface area contributed by atoms with Gasteiger partial charge in [0.1, 0.15) is 5.82 Å². The van der Waals surface area contributed by atoms with E-state index in [9.17, 15) is 4.39 Å². The minimum Gasteiger partial charge on any atom is -0.313 e. The second-order valence-corrected chi connectivity index (χ2v) is 5.97. The lowest BCUT2D eigenvalue weighted by Gasteiger charge is -2.29. The molecule has 0 radical (unpaired) electrons. The SMILES string of the molecule is CNC(c1c(C)cc(F)cc1C)C1CCCCCC1. The van der Waals surface area contributed by atoms with Crippen molar-refractivity contribution in [3.8, 4) is 0 Å². The summed E-state index contributed by atoms with van der Waals surface area (Å²) in [6, 6.07) is 3.71. The van der Waals surface area contributed by atoms with Crippen molar-refractivity contribution in [2.24, 2.45) is 5.92 Å². The first kappa shape index (κ1) is 14.5. The third kappa shape index (κ3) is 3.36. The molecule has 1 nitrogen and oxygen atoms in total. The van der Waals surface area contributed by atoms with Crippen molar-refractivity contribution in [2.45, 2.75) is 58.4 Å². The molecule has 0 amide bonds. The zero-order valence-electron chi connectivity index (χ0n) is 12.4. The van der Waals surface area contributed by atoms with Gasteiger partial charge in [0.25, 0.3) is 0 Å². The van der Waals surface area contributed by atoms with Crippen LogP contribution in [-0.4, -0.2) is 7.05 Å². The zero-order chi connectivity index (χ0) is 13.8. The lowest BCUT2D eigenvalue weighted by molar-refractivity contribution is 0.339. The van der Waals surface area contributed by atoms with E-state index in [4.69, 9.17) is 0 Å². The molecule has 0 heterocycles. The Labute approximate surface area is 116 Å². The van der Waals surface area contributed by atoms with Crippen LogP contribution in [0.5, 0.6) is 0 Å². The van der Waals surface area contributed by atoms with Crippen LogP contribution < -0.4 is 5.32 Å². The maximum absolute atomic E-state index is 13.5. The Hall–Kier alpha value is -0.890. The molecule has 2 rings (SSSR count). The summed E-state index contributed by atoms with van der Waals surface area (Å²) in [5.41, 5.74) is 3.48. The first-order chi connectivity index (χ1) is 9.13. The fraction of sp³-hybridized carbons (Fsp3) is 0.647. The number of nitrogens with one attached hydrogen (secondary N) is 1. The highest BCUT2D eigenvalue weighted by molar-refractivity contribution is 5.37. The van der Waals surface area contributed by atoms with Gasteiger partial charge in [0.05, 0.1) is 0 Å². The maximum atomic E-state index is 13.5. The lowest BCUT2D eigenvalue weighted by Crippen LogP contribution is -2.26. The molecule has 1 aliphatic carbocycles. The van der Waals surface area contributed by atoms with Crippen LogP contribution in [0, 0.1) is 25.6 Å². The number of hydrogen-bond acceptors (Lipinski definition) is 1. The number of aryl methyl sites for hydroxylation is 2. The van der Waals surface area contributed by atoms with Gasteiger partial charge in [-0.2, -0.15) is 0 Å². The van der Waals surface area contributed by atoms with Crippen molar-refractivity contribution in [1.29, 1.82) is 0 Å². The predicted octanol–water partition coefficient (Wildman–Crippen LogP) is 4.67. The quantitative estimate of drug-likeness (QED) is 0.781. The van der Waals surface area contributed by atoms with Crippen molar-refractivity contribution in [3.05, 3.63) is 34.6 Å². The Morgan fingerprint density at radius 2 is 1.58 bits per heavy atom. The molecule has 1 N–H and O–H groups in total. The van der Waals surface area contributed by atoms with Crippen LogP contribution in [0.25, 0.3) is 0 Å². The molecule has 1 aromatic carbocycles. The summed E-state index contributed by atoms with van der Waals surface area (Å²) in [4.78, 5) is 0. The van der Waals surface area contributed by atoms with Crippen LogP contribution in [0.3, 0.4) is 0 Å². The molecule has 0 aromatic heterocycles. The first-order valence-corrected chi connectivity index (χ1v) is 7.57. The van der Waals surface area contributed by atoms with Crippen molar-refractivity contribution in [3.63, 3.8) is 0 Å². The second-order valence-electron chi connectivity index (χ2n) is 5.97. The van der Waals surface area contributed by atoms with Crippen molar-refractivity contribution in [2.75, 3.05) is 7.05 Å². The number of rotatable bonds is 3. The molecule has 0 saturated heterocycles. The number of halogens is 1. The molecule has 0 bridgehead atoms. The fourth-order valence-electron chi connectivity index (χ4n) is 3.67. The van der Waals surface area contributed by atoms with Gasteiger partial charge in [-0.25, -0.2) is 4.39 Å². The van der Waals surface area contributed by atoms with E-state index in [1.54, 1.807) is 12.1 Å². The zero-order valence-corrected chi connectivity index (χ0v) is 12.4. The summed E-state index contributed by atoms with van der Waals surface area (Å²) in [6.07, 6.45) is 8.00. The van der Waals surface area contributed by atoms with Gasteiger partial charge >= 0.3 is 0 Å². The molecule has 0 spiro atoms. The van der Waals surface area contributed by atoms with Gasteiger partial charge in [-0.15, -0.1) is 0 Å². The molecule has 1 unspecified atom stereocenters. The summed E-state index contributed by atoms with van der Waals surface area (Å²) in [6.45, 7) is 4.07. The van der Waals surface area contributed by atoms with Crippen LogP contribution in [0.15, 0.2) is 12.1 Å². The van der Waals surface area contributed by atoms with Crippen LogP contribution in [0.2, 0.25) is 0 Å². The Morgan fingerprint density at radius 1 is 1.05 bits per heavy atom. The van der Waals surface area contributed by atoms with Crippen molar-refractivity contribution >= 4 is 0 Å². The van der Waals surface area contributed by atoms with Crippen molar-refractivity contribution in [1.82, 2.24) is 5.32 Å². The highest BCUT2D eigenvalue weighted by Gasteiger charge is 2.25. The van der Waals surface area contributed by atoms with E-state index in [1.165, 1.54) is 44.1 Å². The largest absolute Gasteiger partial charge is 0.313 e. The third-order valence-corrected chi connectivity index (χ3v) is 4.55. The van der Waals surface area contributed by atoms with E-state index in [1.807, 2.05) is 20.9 Å². The molecule has 1 aliphatic rings. The predicted molar refractivity (Wildman–Crippen MR) is 78.9 cm³/mol. The van der Waals surface area contributed by atoms with E-state index in [2.05, 4.69) is 5.32 Å². The number of hydrogen-bond donors (Lipinski definition) is 1. The minimum absolute atomic E-state index is 0.116. The maximum Gasteiger partial charge on any atom is 0.123 e. The molecule has 1 saturated carbocycles. The molecule has 106 valence electrons. The minimum atomic E-state index is -0.116. The van der Waals surface area contributed by atoms with Gasteiger partial charge < -0.3 is 5.32 Å². The van der Waals surface area contributed by atoms with Crippen LogP contribution in [-0.2, 0) is 0 Å². The second kappa shape index (κ2) is 6.51. The summed E-state index contributed by atoms with van der Waals surface area (Å²) in [5.74, 6) is 0.574. The van der Waals surface area contributed by atoms with Gasteiger partial charge in [0.2, 0.25) is 0 Å². The van der Waals surface area contributed by atoms with E-state index < -0.39 is 0 Å². The summed E-state index contributed by atoms with van der Waals surface area (Å²) in [7, 11) is 2.04. The van der Waals surface area contributed by atoms with E-state index in [0.717, 1.165) is 11.1 Å². The highest BCUT2D eigenvalue weighted by atomic mass is 19.1. The Balaban J connectivity index is 2.30.